The number of nitrogens with one attached hydrogen (secondary N) is 2. The van der Waals surface area contributed by atoms with E-state index >= 15 is 0 Å². The third-order valence-electron chi connectivity index (χ3n) is 3.67. The number of carbonyl (C=O) groups excluding carboxylic acids is 1. The molecule has 3 rings (SSSR count). The fourth-order valence-corrected chi connectivity index (χ4v) is 2.37. The Morgan fingerprint density at radius 3 is 3.00 bits per heavy atom. The molecule has 1 aromatic heterocycles. The second-order valence-corrected chi connectivity index (χ2v) is 5.41. The quantitative estimate of drug-likeness (QED) is 0.464. The fourth-order valence-electron chi connectivity index (χ4n) is 2.37. The van der Waals surface area contributed by atoms with Crippen LogP contribution in [-0.2, 0) is 9.53 Å². The van der Waals surface area contributed by atoms with Crippen molar-refractivity contribution in [3.05, 3.63) is 48.1 Å². The summed E-state index contributed by atoms with van der Waals surface area (Å²) < 4.78 is 10.3. The molecule has 0 unspecified atom stereocenters. The molecule has 132 valence electrons. The van der Waals surface area contributed by atoms with Crippen molar-refractivity contribution in [1.82, 2.24) is 9.97 Å². The topological polar surface area (TPSA) is 109 Å². The van der Waals surface area contributed by atoms with Gasteiger partial charge in [0.05, 0.1) is 18.5 Å². The number of hydrogen-bond donors (Lipinski definition) is 2. The van der Waals surface area contributed by atoms with E-state index in [4.69, 9.17) is 4.74 Å². The molecule has 0 fully saturated rings. The lowest BCUT2D eigenvalue weighted by Crippen LogP contribution is -2.10. The molecular formula is C18H17N5O3. The zero-order valence-electron chi connectivity index (χ0n) is 14.2. The van der Waals surface area contributed by atoms with E-state index in [0.29, 0.717) is 42.7 Å². The van der Waals surface area contributed by atoms with E-state index in [9.17, 15) is 10.1 Å². The van der Waals surface area contributed by atoms with Crippen molar-refractivity contribution in [3.63, 3.8) is 0 Å². The first-order valence-electron chi connectivity index (χ1n) is 8.03. The van der Waals surface area contributed by atoms with Crippen molar-refractivity contribution in [2.75, 3.05) is 24.3 Å². The lowest BCUT2D eigenvalue weighted by Gasteiger charge is -2.07. The molecule has 0 atom stereocenters. The largest absolute Gasteiger partial charge is 0.469 e. The Morgan fingerprint density at radius 2 is 2.23 bits per heavy atom. The van der Waals surface area contributed by atoms with Gasteiger partial charge in [-0.1, -0.05) is 12.1 Å². The number of esters is 1. The summed E-state index contributed by atoms with van der Waals surface area (Å²) in [6, 6.07) is 11.2. The van der Waals surface area contributed by atoms with Crippen LogP contribution in [0.15, 0.2) is 42.4 Å². The van der Waals surface area contributed by atoms with Gasteiger partial charge in [-0.15, -0.1) is 0 Å². The summed E-state index contributed by atoms with van der Waals surface area (Å²) in [5.41, 5.74) is 1.51. The Kier molecular flexibility index (Phi) is 5.29. The highest BCUT2D eigenvalue weighted by atomic mass is 16.5. The highest BCUT2D eigenvalue weighted by Gasteiger charge is 2.21. The van der Waals surface area contributed by atoms with Gasteiger partial charge in [0.2, 0.25) is 11.8 Å². The molecule has 2 heterocycles. The average Bonchev–Trinajstić information content (AvgIpc) is 3.09. The van der Waals surface area contributed by atoms with Crippen LogP contribution in [0.5, 0.6) is 5.75 Å². The Hall–Kier alpha value is -3.60. The normalized spacial score (nSPS) is 13.7. The van der Waals surface area contributed by atoms with Crippen LogP contribution in [0.3, 0.4) is 0 Å². The number of fused-ring (bicyclic) bond motifs is 1. The van der Waals surface area contributed by atoms with Crippen LogP contribution in [0.2, 0.25) is 0 Å². The van der Waals surface area contributed by atoms with Crippen molar-refractivity contribution in [1.29, 1.82) is 5.26 Å². The Morgan fingerprint density at radius 1 is 1.38 bits per heavy atom. The Bertz CT molecular complexity index is 861. The third kappa shape index (κ3) is 3.89. The van der Waals surface area contributed by atoms with Gasteiger partial charge < -0.3 is 20.1 Å². The van der Waals surface area contributed by atoms with E-state index in [1.54, 1.807) is 12.3 Å². The second kappa shape index (κ2) is 7.98. The van der Waals surface area contributed by atoms with Crippen molar-refractivity contribution >= 4 is 23.2 Å². The van der Waals surface area contributed by atoms with E-state index in [2.05, 4.69) is 31.4 Å². The van der Waals surface area contributed by atoms with Crippen LogP contribution < -0.4 is 15.4 Å². The molecule has 0 bridgehead atoms. The number of carbonyl (C=O) groups is 1. The minimum absolute atomic E-state index is 0.262. The number of rotatable bonds is 6. The predicted octanol–water partition coefficient (Wildman–Crippen LogP) is 2.54. The van der Waals surface area contributed by atoms with Gasteiger partial charge in [0, 0.05) is 19.2 Å². The first-order valence-corrected chi connectivity index (χ1v) is 8.03. The molecule has 26 heavy (non-hydrogen) atoms. The van der Waals surface area contributed by atoms with E-state index in [0.717, 1.165) is 5.69 Å². The molecule has 0 aliphatic carbocycles. The third-order valence-corrected chi connectivity index (χ3v) is 3.67. The number of para-hydroxylation sites is 2. The van der Waals surface area contributed by atoms with Gasteiger partial charge in [-0.2, -0.15) is 5.26 Å². The Balaban J connectivity index is 1.72. The lowest BCUT2D eigenvalue weighted by molar-refractivity contribution is -0.140. The summed E-state index contributed by atoms with van der Waals surface area (Å²) in [5, 5.41) is 15.7. The number of hydrogen-bond acceptors (Lipinski definition) is 8. The van der Waals surface area contributed by atoms with Gasteiger partial charge in [-0.05, 0) is 24.6 Å². The first-order chi connectivity index (χ1) is 12.7. The van der Waals surface area contributed by atoms with Crippen LogP contribution >= 0.6 is 0 Å². The van der Waals surface area contributed by atoms with Gasteiger partial charge >= 0.3 is 5.97 Å². The summed E-state index contributed by atoms with van der Waals surface area (Å²) in [5.74, 6) is 1.10. The molecule has 2 N–H and O–H groups in total. The molecule has 1 aliphatic heterocycles. The first kappa shape index (κ1) is 17.2. The summed E-state index contributed by atoms with van der Waals surface area (Å²) in [6.45, 7) is 0.511. The number of nitriles is 1. The van der Waals surface area contributed by atoms with Crippen LogP contribution in [0.25, 0.3) is 5.57 Å². The predicted molar refractivity (Wildman–Crippen MR) is 95.0 cm³/mol. The van der Waals surface area contributed by atoms with Crippen molar-refractivity contribution in [2.45, 2.75) is 12.8 Å². The van der Waals surface area contributed by atoms with Crippen LogP contribution in [-0.4, -0.2) is 29.6 Å². The van der Waals surface area contributed by atoms with Crippen LogP contribution in [0.4, 0.5) is 11.6 Å². The number of aromatic nitrogens is 2. The smallest absolute Gasteiger partial charge is 0.305 e. The molecule has 1 aromatic carbocycles. The molecular weight excluding hydrogens is 334 g/mol. The SMILES string of the molecule is COC(=O)CCCNc1nccc(C(C#N)=C2Nc3ccccc3O2)n1. The maximum absolute atomic E-state index is 11.1. The summed E-state index contributed by atoms with van der Waals surface area (Å²) in [6.07, 6.45) is 2.46. The number of anilines is 2. The van der Waals surface area contributed by atoms with E-state index in [1.807, 2.05) is 24.3 Å². The minimum Gasteiger partial charge on any atom is -0.469 e. The summed E-state index contributed by atoms with van der Waals surface area (Å²) in [4.78, 5) is 19.6. The maximum Gasteiger partial charge on any atom is 0.305 e. The Labute approximate surface area is 150 Å². The highest BCUT2D eigenvalue weighted by Crippen LogP contribution is 2.35. The number of allylic oxidation sites excluding steroid dienone is 1. The maximum atomic E-state index is 11.1. The molecule has 0 amide bonds. The fraction of sp³-hybridized carbons (Fsp3) is 0.222. The van der Waals surface area contributed by atoms with Crippen molar-refractivity contribution in [3.8, 4) is 11.8 Å². The van der Waals surface area contributed by atoms with Gasteiger partial charge in [-0.25, -0.2) is 9.97 Å². The second-order valence-electron chi connectivity index (χ2n) is 5.41. The molecule has 8 nitrogen and oxygen atoms in total. The number of methoxy groups -OCH3 is 1. The van der Waals surface area contributed by atoms with E-state index in [-0.39, 0.29) is 11.5 Å². The summed E-state index contributed by atoms with van der Waals surface area (Å²) in [7, 11) is 1.36. The zero-order chi connectivity index (χ0) is 18.4. The van der Waals surface area contributed by atoms with Gasteiger partial charge in [-0.3, -0.25) is 4.79 Å². The average molecular weight is 351 g/mol. The lowest BCUT2D eigenvalue weighted by atomic mass is 10.2. The molecule has 0 radical (unpaired) electrons. The zero-order valence-corrected chi connectivity index (χ0v) is 14.2. The molecule has 0 spiro atoms. The number of benzene rings is 1. The molecule has 0 saturated carbocycles. The number of ether oxygens (including phenoxy) is 2. The van der Waals surface area contributed by atoms with Crippen molar-refractivity contribution in [2.24, 2.45) is 0 Å². The molecule has 8 heteroatoms. The monoisotopic (exact) mass is 351 g/mol. The summed E-state index contributed by atoms with van der Waals surface area (Å²) >= 11 is 0. The van der Waals surface area contributed by atoms with Gasteiger partial charge in [0.1, 0.15) is 11.6 Å². The van der Waals surface area contributed by atoms with Gasteiger partial charge in [0.15, 0.2) is 5.75 Å². The highest BCUT2D eigenvalue weighted by molar-refractivity contribution is 5.81. The van der Waals surface area contributed by atoms with Crippen molar-refractivity contribution < 1.29 is 14.3 Å². The number of nitrogens with zero attached hydrogens (tertiary/aromatic N) is 3. The molecule has 0 saturated heterocycles. The van der Waals surface area contributed by atoms with Crippen LogP contribution in [0.1, 0.15) is 18.5 Å². The van der Waals surface area contributed by atoms with E-state index in [1.165, 1.54) is 7.11 Å². The standard InChI is InChI=1S/C18H17N5O3/c1-25-16(24)7-4-9-20-18-21-10-8-13(23-18)12(11-19)17-22-14-5-2-3-6-15(14)26-17/h2-3,5-6,8,10,22H,4,7,9H2,1H3,(H,20,21,23). The minimum atomic E-state index is -0.262. The van der Waals surface area contributed by atoms with Crippen LogP contribution in [0, 0.1) is 11.3 Å². The molecule has 1 aliphatic rings. The van der Waals surface area contributed by atoms with E-state index < -0.39 is 0 Å². The van der Waals surface area contributed by atoms with Gasteiger partial charge in [0.25, 0.3) is 0 Å². The molecule has 2 aromatic rings.